The van der Waals surface area contributed by atoms with E-state index in [9.17, 15) is 0 Å². The van der Waals surface area contributed by atoms with Crippen molar-refractivity contribution < 1.29 is 0 Å². The molecule has 0 radical (unpaired) electrons. The smallest absolute Gasteiger partial charge is 0.172 e. The van der Waals surface area contributed by atoms with E-state index in [1.165, 1.54) is 0 Å². The quantitative estimate of drug-likeness (QED) is 0.920. The maximum atomic E-state index is 6.02. The summed E-state index contributed by atoms with van der Waals surface area (Å²) in [6, 6.07) is 5.37. The van der Waals surface area contributed by atoms with Gasteiger partial charge < -0.3 is 5.73 Å². The molecule has 78 valence electrons. The molecule has 0 amide bonds. The summed E-state index contributed by atoms with van der Waals surface area (Å²) in [6.45, 7) is 0.380. The minimum Gasteiger partial charge on any atom is -0.325 e. The van der Waals surface area contributed by atoms with Crippen LogP contribution in [0.3, 0.4) is 0 Å². The zero-order valence-corrected chi connectivity index (χ0v) is 10.0. The van der Waals surface area contributed by atoms with Gasteiger partial charge in [0.15, 0.2) is 5.82 Å². The zero-order valence-electron chi connectivity index (χ0n) is 7.69. The van der Waals surface area contributed by atoms with Crippen molar-refractivity contribution in [2.45, 2.75) is 6.54 Å². The maximum absolute atomic E-state index is 6.02. The van der Waals surface area contributed by atoms with Gasteiger partial charge in [-0.3, -0.25) is 0 Å². The molecule has 2 heterocycles. The monoisotopic (exact) mass is 286 g/mol. The SMILES string of the molecule is NCc1cc(Br)nn1-c1ncccc1Cl. The molecule has 15 heavy (non-hydrogen) atoms. The van der Waals surface area contributed by atoms with E-state index in [-0.39, 0.29) is 0 Å². The highest BCUT2D eigenvalue weighted by Crippen LogP contribution is 2.20. The summed E-state index contributed by atoms with van der Waals surface area (Å²) >= 11 is 9.30. The molecule has 2 aromatic rings. The van der Waals surface area contributed by atoms with E-state index >= 15 is 0 Å². The van der Waals surface area contributed by atoms with E-state index in [1.807, 2.05) is 6.07 Å². The third-order valence-corrected chi connectivity index (χ3v) is 2.58. The fourth-order valence-electron chi connectivity index (χ4n) is 1.25. The Hall–Kier alpha value is -0.910. The predicted molar refractivity (Wildman–Crippen MR) is 62.0 cm³/mol. The number of aromatic nitrogens is 3. The average Bonchev–Trinajstić information content (AvgIpc) is 2.60. The molecule has 0 unspecified atom stereocenters. The molecule has 0 saturated carbocycles. The fraction of sp³-hybridized carbons (Fsp3) is 0.111. The minimum absolute atomic E-state index is 0.380. The Morgan fingerprint density at radius 1 is 1.53 bits per heavy atom. The first-order valence-electron chi connectivity index (χ1n) is 4.28. The topological polar surface area (TPSA) is 56.7 Å². The first kappa shape index (κ1) is 10.6. The molecule has 0 aliphatic heterocycles. The van der Waals surface area contributed by atoms with Crippen LogP contribution in [0.4, 0.5) is 0 Å². The largest absolute Gasteiger partial charge is 0.325 e. The molecule has 2 N–H and O–H groups in total. The van der Waals surface area contributed by atoms with Crippen LogP contribution in [0.15, 0.2) is 29.0 Å². The first-order chi connectivity index (χ1) is 7.22. The van der Waals surface area contributed by atoms with Crippen LogP contribution in [-0.2, 0) is 6.54 Å². The normalized spacial score (nSPS) is 10.6. The Morgan fingerprint density at radius 2 is 2.33 bits per heavy atom. The number of nitrogens with two attached hydrogens (primary N) is 1. The van der Waals surface area contributed by atoms with Gasteiger partial charge in [-0.15, -0.1) is 0 Å². The van der Waals surface area contributed by atoms with Crippen molar-refractivity contribution in [2.75, 3.05) is 0 Å². The van der Waals surface area contributed by atoms with Crippen molar-refractivity contribution in [3.05, 3.63) is 39.7 Å². The van der Waals surface area contributed by atoms with Gasteiger partial charge in [0, 0.05) is 12.7 Å². The second-order valence-electron chi connectivity index (χ2n) is 2.88. The molecular weight excluding hydrogens is 279 g/mol. The van der Waals surface area contributed by atoms with Gasteiger partial charge in [0.05, 0.1) is 10.7 Å². The van der Waals surface area contributed by atoms with Crippen molar-refractivity contribution in [1.29, 1.82) is 0 Å². The van der Waals surface area contributed by atoms with Crippen molar-refractivity contribution in [3.8, 4) is 5.82 Å². The van der Waals surface area contributed by atoms with Gasteiger partial charge in [-0.05, 0) is 34.1 Å². The second kappa shape index (κ2) is 4.30. The Kier molecular flexibility index (Phi) is 3.04. The predicted octanol–water partition coefficient (Wildman–Crippen LogP) is 2.14. The van der Waals surface area contributed by atoms with Crippen LogP contribution in [0.5, 0.6) is 0 Å². The summed E-state index contributed by atoms with van der Waals surface area (Å²) in [5.41, 5.74) is 6.45. The third-order valence-electron chi connectivity index (χ3n) is 1.90. The molecule has 2 rings (SSSR count). The molecule has 0 aliphatic carbocycles. The van der Waals surface area contributed by atoms with E-state index in [1.54, 1.807) is 23.0 Å². The zero-order chi connectivity index (χ0) is 10.8. The molecule has 0 spiro atoms. The van der Waals surface area contributed by atoms with Gasteiger partial charge in [-0.2, -0.15) is 5.10 Å². The van der Waals surface area contributed by atoms with E-state index in [4.69, 9.17) is 17.3 Å². The molecule has 0 bridgehead atoms. The lowest BCUT2D eigenvalue weighted by Gasteiger charge is -2.05. The second-order valence-corrected chi connectivity index (χ2v) is 4.10. The van der Waals surface area contributed by atoms with Gasteiger partial charge in [0.25, 0.3) is 0 Å². The molecule has 2 aromatic heterocycles. The van der Waals surface area contributed by atoms with Crippen molar-refractivity contribution in [1.82, 2.24) is 14.8 Å². The maximum Gasteiger partial charge on any atom is 0.172 e. The van der Waals surface area contributed by atoms with Crippen molar-refractivity contribution >= 4 is 27.5 Å². The van der Waals surface area contributed by atoms with Gasteiger partial charge in [-0.25, -0.2) is 9.67 Å². The van der Waals surface area contributed by atoms with E-state index in [2.05, 4.69) is 26.0 Å². The van der Waals surface area contributed by atoms with Crippen molar-refractivity contribution in [2.24, 2.45) is 5.73 Å². The summed E-state index contributed by atoms with van der Waals surface area (Å²) < 4.78 is 2.34. The molecule has 4 nitrogen and oxygen atoms in total. The lowest BCUT2D eigenvalue weighted by molar-refractivity contribution is 0.776. The van der Waals surface area contributed by atoms with E-state index < -0.39 is 0 Å². The number of hydrogen-bond donors (Lipinski definition) is 1. The molecule has 6 heteroatoms. The van der Waals surface area contributed by atoms with Crippen LogP contribution in [0, 0.1) is 0 Å². The lowest BCUT2D eigenvalue weighted by Crippen LogP contribution is -2.08. The molecule has 0 aromatic carbocycles. The van der Waals surface area contributed by atoms with Crippen LogP contribution < -0.4 is 5.73 Å². The summed E-state index contributed by atoms with van der Waals surface area (Å²) in [4.78, 5) is 4.16. The highest BCUT2D eigenvalue weighted by molar-refractivity contribution is 9.10. The Morgan fingerprint density at radius 3 is 3.00 bits per heavy atom. The molecule has 0 saturated heterocycles. The Bertz CT molecular complexity index is 483. The van der Waals surface area contributed by atoms with E-state index in [0.29, 0.717) is 22.0 Å². The Balaban J connectivity index is 2.58. The first-order valence-corrected chi connectivity index (χ1v) is 5.45. The number of pyridine rings is 1. The standard InChI is InChI=1S/C9H8BrClN4/c10-8-4-6(5-12)15(14-8)9-7(11)2-1-3-13-9/h1-4H,5,12H2. The van der Waals surface area contributed by atoms with Crippen LogP contribution in [0.1, 0.15) is 5.69 Å². The van der Waals surface area contributed by atoms with Crippen molar-refractivity contribution in [3.63, 3.8) is 0 Å². The number of halogens is 2. The number of rotatable bonds is 2. The fourth-order valence-corrected chi connectivity index (χ4v) is 1.87. The molecular formula is C9H8BrClN4. The highest BCUT2D eigenvalue weighted by atomic mass is 79.9. The molecule has 0 atom stereocenters. The average molecular weight is 288 g/mol. The number of hydrogen-bond acceptors (Lipinski definition) is 3. The molecule has 0 fully saturated rings. The van der Waals surface area contributed by atoms with Gasteiger partial charge in [0.2, 0.25) is 0 Å². The van der Waals surface area contributed by atoms with Crippen LogP contribution in [0.2, 0.25) is 5.02 Å². The van der Waals surface area contributed by atoms with Crippen LogP contribution in [0.25, 0.3) is 5.82 Å². The summed E-state index contributed by atoms with van der Waals surface area (Å²) in [5.74, 6) is 0.588. The number of nitrogens with zero attached hydrogens (tertiary/aromatic N) is 3. The van der Waals surface area contributed by atoms with Gasteiger partial charge in [0.1, 0.15) is 4.60 Å². The van der Waals surface area contributed by atoms with Crippen LogP contribution >= 0.6 is 27.5 Å². The van der Waals surface area contributed by atoms with E-state index in [0.717, 1.165) is 5.69 Å². The van der Waals surface area contributed by atoms with Crippen LogP contribution in [-0.4, -0.2) is 14.8 Å². The van der Waals surface area contributed by atoms with Gasteiger partial charge >= 0.3 is 0 Å². The highest BCUT2D eigenvalue weighted by Gasteiger charge is 2.10. The summed E-state index contributed by atoms with van der Waals surface area (Å²) in [5, 5.41) is 4.76. The summed E-state index contributed by atoms with van der Waals surface area (Å²) in [6.07, 6.45) is 1.66. The lowest BCUT2D eigenvalue weighted by atomic mass is 10.4. The summed E-state index contributed by atoms with van der Waals surface area (Å²) in [7, 11) is 0. The minimum atomic E-state index is 0.380. The third kappa shape index (κ3) is 2.04. The Labute approximate surface area is 100 Å². The van der Waals surface area contributed by atoms with Gasteiger partial charge in [-0.1, -0.05) is 11.6 Å². The molecule has 0 aliphatic rings.